The highest BCUT2D eigenvalue weighted by atomic mass is 79.9. The van der Waals surface area contributed by atoms with E-state index in [1.807, 2.05) is 0 Å². The number of rotatable bonds is 2. The second kappa shape index (κ2) is 5.16. The van der Waals surface area contributed by atoms with Gasteiger partial charge in [0.15, 0.2) is 0 Å². The quantitative estimate of drug-likeness (QED) is 0.884. The lowest BCUT2D eigenvalue weighted by Crippen LogP contribution is -2.07. The molecular weight excluding hydrogens is 302 g/mol. The number of benzene rings is 2. The van der Waals surface area contributed by atoms with Crippen molar-refractivity contribution in [2.75, 3.05) is 0 Å². The van der Waals surface area contributed by atoms with E-state index in [-0.39, 0.29) is 5.56 Å². The normalized spacial score (nSPS) is 12.5. The Balaban J connectivity index is 2.51. The van der Waals surface area contributed by atoms with Crippen LogP contribution in [0.3, 0.4) is 0 Å². The average Bonchev–Trinajstić information content (AvgIpc) is 2.28. The molecule has 1 nitrogen and oxygen atoms in total. The van der Waals surface area contributed by atoms with Crippen molar-refractivity contribution in [2.45, 2.75) is 13.0 Å². The van der Waals surface area contributed by atoms with E-state index in [0.29, 0.717) is 5.56 Å². The maximum Gasteiger partial charge on any atom is 0.132 e. The third-order valence-electron chi connectivity index (χ3n) is 2.80. The molecule has 0 fully saturated rings. The first-order valence-electron chi connectivity index (χ1n) is 5.38. The topological polar surface area (TPSA) is 20.2 Å². The maximum atomic E-state index is 13.6. The third kappa shape index (κ3) is 2.44. The van der Waals surface area contributed by atoms with Crippen LogP contribution in [0.1, 0.15) is 22.8 Å². The molecule has 2 aromatic carbocycles. The van der Waals surface area contributed by atoms with Crippen molar-refractivity contribution in [3.8, 4) is 0 Å². The number of aliphatic hydroxyl groups is 1. The predicted molar refractivity (Wildman–Crippen MR) is 69.3 cm³/mol. The summed E-state index contributed by atoms with van der Waals surface area (Å²) in [6.45, 7) is 1.78. The predicted octanol–water partition coefficient (Wildman–Crippen LogP) is 4.12. The van der Waals surface area contributed by atoms with E-state index in [1.54, 1.807) is 25.1 Å². The molecule has 0 amide bonds. The second-order valence-corrected chi connectivity index (χ2v) is 4.95. The molecule has 4 heteroatoms. The third-order valence-corrected chi connectivity index (χ3v) is 3.29. The zero-order valence-corrected chi connectivity index (χ0v) is 11.2. The van der Waals surface area contributed by atoms with Gasteiger partial charge in [0.25, 0.3) is 0 Å². The van der Waals surface area contributed by atoms with E-state index >= 15 is 0 Å². The molecule has 0 aliphatic rings. The summed E-state index contributed by atoms with van der Waals surface area (Å²) < 4.78 is 28.0. The largest absolute Gasteiger partial charge is 0.383 e. The minimum Gasteiger partial charge on any atom is -0.383 e. The fraction of sp³-hybridized carbons (Fsp3) is 0.143. The van der Waals surface area contributed by atoms with E-state index in [0.717, 1.165) is 22.2 Å². The van der Waals surface area contributed by atoms with Gasteiger partial charge in [-0.15, -0.1) is 0 Å². The van der Waals surface area contributed by atoms with Gasteiger partial charge in [-0.3, -0.25) is 0 Å². The zero-order valence-electron chi connectivity index (χ0n) is 9.62. The molecular formula is C14H11BrF2O. The van der Waals surface area contributed by atoms with Gasteiger partial charge in [0.1, 0.15) is 17.7 Å². The smallest absolute Gasteiger partial charge is 0.132 e. The lowest BCUT2D eigenvalue weighted by molar-refractivity contribution is 0.208. The molecule has 0 spiro atoms. The van der Waals surface area contributed by atoms with Gasteiger partial charge in [-0.1, -0.05) is 28.1 Å². The van der Waals surface area contributed by atoms with Crippen LogP contribution < -0.4 is 0 Å². The van der Waals surface area contributed by atoms with Crippen molar-refractivity contribution in [3.63, 3.8) is 0 Å². The fourth-order valence-electron chi connectivity index (χ4n) is 1.87. The SMILES string of the molecule is Cc1cc(Br)ccc1C(O)c1c(F)cccc1F. The Bertz CT molecular complexity index is 564. The van der Waals surface area contributed by atoms with Crippen LogP contribution in [0, 0.1) is 18.6 Å². The first kappa shape index (κ1) is 13.2. The molecule has 0 heterocycles. The summed E-state index contributed by atoms with van der Waals surface area (Å²) in [6.07, 6.45) is -1.31. The lowest BCUT2D eigenvalue weighted by atomic mass is 9.97. The monoisotopic (exact) mass is 312 g/mol. The molecule has 0 aliphatic carbocycles. The zero-order chi connectivity index (χ0) is 13.3. The van der Waals surface area contributed by atoms with Crippen molar-refractivity contribution in [3.05, 3.63) is 69.2 Å². The minimum atomic E-state index is -1.31. The molecule has 0 bridgehead atoms. The number of hydrogen-bond donors (Lipinski definition) is 1. The highest BCUT2D eigenvalue weighted by molar-refractivity contribution is 9.10. The summed E-state index contributed by atoms with van der Waals surface area (Å²) in [4.78, 5) is 0. The Hall–Kier alpha value is -1.26. The number of aryl methyl sites for hydroxylation is 1. The van der Waals surface area contributed by atoms with Crippen LogP contribution in [0.5, 0.6) is 0 Å². The summed E-state index contributed by atoms with van der Waals surface area (Å²) >= 11 is 3.30. The molecule has 94 valence electrons. The van der Waals surface area contributed by atoms with E-state index in [9.17, 15) is 13.9 Å². The van der Waals surface area contributed by atoms with Gasteiger partial charge in [0, 0.05) is 4.47 Å². The van der Waals surface area contributed by atoms with Gasteiger partial charge in [-0.2, -0.15) is 0 Å². The van der Waals surface area contributed by atoms with E-state index in [4.69, 9.17) is 0 Å². The number of halogens is 3. The number of aliphatic hydroxyl groups excluding tert-OH is 1. The molecule has 0 aromatic heterocycles. The summed E-state index contributed by atoms with van der Waals surface area (Å²) in [7, 11) is 0. The molecule has 1 atom stereocenters. The van der Waals surface area contributed by atoms with Crippen molar-refractivity contribution < 1.29 is 13.9 Å². The van der Waals surface area contributed by atoms with Gasteiger partial charge in [0.2, 0.25) is 0 Å². The molecule has 18 heavy (non-hydrogen) atoms. The molecule has 1 N–H and O–H groups in total. The Morgan fingerprint density at radius 2 is 1.72 bits per heavy atom. The standard InChI is InChI=1S/C14H11BrF2O/c1-8-7-9(15)5-6-10(8)14(18)13-11(16)3-2-4-12(13)17/h2-7,14,18H,1H3. The van der Waals surface area contributed by atoms with Crippen LogP contribution in [0.25, 0.3) is 0 Å². The average molecular weight is 313 g/mol. The van der Waals surface area contributed by atoms with Gasteiger partial charge < -0.3 is 5.11 Å². The molecule has 0 saturated heterocycles. The van der Waals surface area contributed by atoms with Crippen LogP contribution in [0.4, 0.5) is 8.78 Å². The molecule has 0 saturated carbocycles. The lowest BCUT2D eigenvalue weighted by Gasteiger charge is -2.15. The summed E-state index contributed by atoms with van der Waals surface area (Å²) in [5.74, 6) is -1.49. The van der Waals surface area contributed by atoms with E-state index in [2.05, 4.69) is 15.9 Å². The molecule has 2 aromatic rings. The number of hydrogen-bond acceptors (Lipinski definition) is 1. The maximum absolute atomic E-state index is 13.6. The van der Waals surface area contributed by atoms with Gasteiger partial charge in [0.05, 0.1) is 5.56 Å². The van der Waals surface area contributed by atoms with Gasteiger partial charge >= 0.3 is 0 Å². The highest BCUT2D eigenvalue weighted by Crippen LogP contribution is 2.30. The highest BCUT2D eigenvalue weighted by Gasteiger charge is 2.20. The van der Waals surface area contributed by atoms with E-state index < -0.39 is 17.7 Å². The Morgan fingerprint density at radius 1 is 1.11 bits per heavy atom. The summed E-state index contributed by atoms with van der Waals surface area (Å²) in [6, 6.07) is 8.71. The minimum absolute atomic E-state index is 0.317. The molecule has 1 unspecified atom stereocenters. The molecule has 0 aliphatic heterocycles. The van der Waals surface area contributed by atoms with Crippen LogP contribution in [0.2, 0.25) is 0 Å². The first-order valence-corrected chi connectivity index (χ1v) is 6.18. The van der Waals surface area contributed by atoms with Crippen LogP contribution in [-0.2, 0) is 0 Å². The summed E-state index contributed by atoms with van der Waals surface area (Å²) in [5.41, 5.74) is 0.935. The fourth-order valence-corrected chi connectivity index (χ4v) is 2.35. The van der Waals surface area contributed by atoms with Crippen molar-refractivity contribution >= 4 is 15.9 Å². The summed E-state index contributed by atoms with van der Waals surface area (Å²) in [5, 5.41) is 10.1. The van der Waals surface area contributed by atoms with Crippen molar-refractivity contribution in [1.82, 2.24) is 0 Å². The second-order valence-electron chi connectivity index (χ2n) is 4.04. The Labute approximate surface area is 112 Å². The van der Waals surface area contributed by atoms with Crippen molar-refractivity contribution in [1.29, 1.82) is 0 Å². The van der Waals surface area contributed by atoms with Crippen LogP contribution >= 0.6 is 15.9 Å². The molecule has 0 radical (unpaired) electrons. The Morgan fingerprint density at radius 3 is 2.28 bits per heavy atom. The van der Waals surface area contributed by atoms with E-state index in [1.165, 1.54) is 6.07 Å². The van der Waals surface area contributed by atoms with Crippen LogP contribution in [-0.4, -0.2) is 5.11 Å². The van der Waals surface area contributed by atoms with Crippen LogP contribution in [0.15, 0.2) is 40.9 Å². The first-order chi connectivity index (χ1) is 8.50. The molecule has 2 rings (SSSR count). The van der Waals surface area contributed by atoms with Crippen molar-refractivity contribution in [2.24, 2.45) is 0 Å². The van der Waals surface area contributed by atoms with Gasteiger partial charge in [-0.25, -0.2) is 8.78 Å². The van der Waals surface area contributed by atoms with Gasteiger partial charge in [-0.05, 0) is 42.3 Å². The Kier molecular flexibility index (Phi) is 3.78.